The molecule has 4 aromatic rings. The molecule has 0 aliphatic carbocycles. The zero-order valence-electron chi connectivity index (χ0n) is 18.1. The fourth-order valence-corrected chi connectivity index (χ4v) is 4.20. The minimum Gasteiger partial charge on any atom is -0.348 e. The summed E-state index contributed by atoms with van der Waals surface area (Å²) in [6.07, 6.45) is 0.741. The van der Waals surface area contributed by atoms with Crippen LogP contribution in [-0.4, -0.2) is 26.5 Å². The van der Waals surface area contributed by atoms with Crippen LogP contribution >= 0.6 is 23.2 Å². The summed E-state index contributed by atoms with van der Waals surface area (Å²) in [5, 5.41) is 8.97. The highest BCUT2D eigenvalue weighted by molar-refractivity contribution is 6.30. The number of carbonyl (C=O) groups excluding carboxylic acids is 1. The van der Waals surface area contributed by atoms with Crippen LogP contribution in [0.3, 0.4) is 0 Å². The van der Waals surface area contributed by atoms with E-state index in [1.165, 1.54) is 0 Å². The van der Waals surface area contributed by atoms with E-state index in [0.29, 0.717) is 21.4 Å². The molecule has 2 atom stereocenters. The van der Waals surface area contributed by atoms with Gasteiger partial charge in [-0.05, 0) is 68.7 Å². The van der Waals surface area contributed by atoms with E-state index in [1.54, 1.807) is 10.6 Å². The Hall–Kier alpha value is -2.89. The first kappa shape index (κ1) is 22.3. The number of nitrogens with one attached hydrogen (secondary N) is 1. The van der Waals surface area contributed by atoms with E-state index >= 15 is 0 Å². The average Bonchev–Trinajstić information content (AvgIpc) is 3.19. The van der Waals surface area contributed by atoms with Crippen molar-refractivity contribution in [2.24, 2.45) is 0 Å². The summed E-state index contributed by atoms with van der Waals surface area (Å²) in [5.41, 5.74) is 5.07. The van der Waals surface area contributed by atoms with Crippen LogP contribution in [0.1, 0.15) is 45.8 Å². The van der Waals surface area contributed by atoms with Crippen molar-refractivity contribution in [2.45, 2.75) is 39.2 Å². The van der Waals surface area contributed by atoms with E-state index in [9.17, 15) is 4.79 Å². The predicted molar refractivity (Wildman–Crippen MR) is 129 cm³/mol. The maximum Gasteiger partial charge on any atom is 0.272 e. The topological polar surface area (TPSA) is 59.3 Å². The Morgan fingerprint density at radius 3 is 2.28 bits per heavy atom. The molecular weight excluding hydrogens is 443 g/mol. The average molecular weight is 467 g/mol. The van der Waals surface area contributed by atoms with Crippen molar-refractivity contribution in [1.29, 1.82) is 0 Å². The summed E-state index contributed by atoms with van der Waals surface area (Å²) in [6, 6.07) is 19.1. The molecule has 0 radical (unpaired) electrons. The molecular formula is C25H24Cl2N4O. The van der Waals surface area contributed by atoms with Gasteiger partial charge in [0, 0.05) is 39.5 Å². The lowest BCUT2D eigenvalue weighted by molar-refractivity contribution is 0.0929. The van der Waals surface area contributed by atoms with Gasteiger partial charge in [-0.1, -0.05) is 47.5 Å². The van der Waals surface area contributed by atoms with Crippen molar-refractivity contribution in [3.8, 4) is 0 Å². The molecule has 0 bridgehead atoms. The number of aryl methyl sites for hydroxylation is 2. The number of amides is 1. The third kappa shape index (κ3) is 4.95. The van der Waals surface area contributed by atoms with Crippen molar-refractivity contribution < 1.29 is 4.79 Å². The monoisotopic (exact) mass is 466 g/mol. The van der Waals surface area contributed by atoms with E-state index in [0.717, 1.165) is 28.9 Å². The Labute approximate surface area is 197 Å². The molecule has 0 saturated carbocycles. The molecule has 1 unspecified atom stereocenters. The molecule has 4 rings (SSSR count). The van der Waals surface area contributed by atoms with Gasteiger partial charge < -0.3 is 5.32 Å². The smallest absolute Gasteiger partial charge is 0.272 e. The molecule has 2 aromatic heterocycles. The minimum absolute atomic E-state index is 0.0385. The number of fused-ring (bicyclic) bond motifs is 1. The fraction of sp³-hybridized carbons (Fsp3) is 0.240. The SMILES string of the molecule is Cc1cc(C)n2nc(C(=O)NC(C)[C@H](Cc3ccc(Cl)cc3)c3ccc(Cl)cc3)cc2n1. The maximum atomic E-state index is 13.1. The Bertz CT molecular complexity index is 1250. The number of halogens is 2. The molecule has 2 heterocycles. The summed E-state index contributed by atoms with van der Waals surface area (Å²) in [5.74, 6) is -0.188. The molecule has 0 aliphatic heterocycles. The van der Waals surface area contributed by atoms with Crippen molar-refractivity contribution in [3.05, 3.63) is 98.9 Å². The molecule has 5 nitrogen and oxygen atoms in total. The standard InChI is InChI=1S/C25H24Cl2N4O/c1-15-12-16(2)31-24(28-15)14-23(30-31)25(32)29-17(3)22(19-6-10-21(27)11-7-19)13-18-4-8-20(26)9-5-18/h4-12,14,17,22H,13H2,1-3H3,(H,29,32)/t17?,22-/m0/s1. The van der Waals surface area contributed by atoms with Crippen LogP contribution in [-0.2, 0) is 6.42 Å². The van der Waals surface area contributed by atoms with E-state index in [4.69, 9.17) is 23.2 Å². The van der Waals surface area contributed by atoms with Gasteiger partial charge in [0.15, 0.2) is 11.3 Å². The molecule has 0 saturated heterocycles. The highest BCUT2D eigenvalue weighted by Gasteiger charge is 2.23. The van der Waals surface area contributed by atoms with Crippen molar-refractivity contribution in [3.63, 3.8) is 0 Å². The number of aromatic nitrogens is 3. The lowest BCUT2D eigenvalue weighted by atomic mass is 9.86. The van der Waals surface area contributed by atoms with E-state index < -0.39 is 0 Å². The van der Waals surface area contributed by atoms with E-state index in [1.807, 2.05) is 75.4 Å². The zero-order valence-corrected chi connectivity index (χ0v) is 19.7. The lowest BCUT2D eigenvalue weighted by Crippen LogP contribution is -2.38. The van der Waals surface area contributed by atoms with Gasteiger partial charge in [-0.25, -0.2) is 9.50 Å². The molecule has 7 heteroatoms. The largest absolute Gasteiger partial charge is 0.348 e. The number of hydrogen-bond donors (Lipinski definition) is 1. The van der Waals surface area contributed by atoms with Gasteiger partial charge in [0.1, 0.15) is 0 Å². The van der Waals surface area contributed by atoms with Gasteiger partial charge in [0.05, 0.1) is 0 Å². The molecule has 32 heavy (non-hydrogen) atoms. The number of nitrogens with zero attached hydrogens (tertiary/aromatic N) is 3. The van der Waals surface area contributed by atoms with Crippen LogP contribution < -0.4 is 5.32 Å². The Balaban J connectivity index is 1.59. The van der Waals surface area contributed by atoms with Crippen LogP contribution in [0.5, 0.6) is 0 Å². The number of benzene rings is 2. The molecule has 1 N–H and O–H groups in total. The zero-order chi connectivity index (χ0) is 22.8. The molecule has 164 valence electrons. The van der Waals surface area contributed by atoms with Gasteiger partial charge in [-0.15, -0.1) is 0 Å². The molecule has 0 spiro atoms. The summed E-state index contributed by atoms with van der Waals surface area (Å²) in [4.78, 5) is 17.5. The third-order valence-corrected chi connectivity index (χ3v) is 6.10. The molecule has 0 fully saturated rings. The molecule has 1 amide bonds. The lowest BCUT2D eigenvalue weighted by Gasteiger charge is -2.25. The second-order valence-corrected chi connectivity index (χ2v) is 8.96. The van der Waals surface area contributed by atoms with Gasteiger partial charge in [-0.3, -0.25) is 4.79 Å². The highest BCUT2D eigenvalue weighted by atomic mass is 35.5. The van der Waals surface area contributed by atoms with E-state index in [2.05, 4.69) is 15.4 Å². The summed E-state index contributed by atoms with van der Waals surface area (Å²) >= 11 is 12.1. The highest BCUT2D eigenvalue weighted by Crippen LogP contribution is 2.27. The minimum atomic E-state index is -0.227. The second kappa shape index (κ2) is 9.31. The first-order valence-electron chi connectivity index (χ1n) is 10.4. The van der Waals surface area contributed by atoms with E-state index in [-0.39, 0.29) is 17.9 Å². The Kier molecular flexibility index (Phi) is 6.49. The Morgan fingerprint density at radius 1 is 1.00 bits per heavy atom. The van der Waals surface area contributed by atoms with Crippen molar-refractivity contribution in [2.75, 3.05) is 0 Å². The van der Waals surface area contributed by atoms with Crippen LogP contribution in [0, 0.1) is 13.8 Å². The third-order valence-electron chi connectivity index (χ3n) is 5.60. The van der Waals surface area contributed by atoms with Crippen LogP contribution in [0.4, 0.5) is 0 Å². The van der Waals surface area contributed by atoms with Crippen LogP contribution in [0.2, 0.25) is 10.0 Å². The maximum absolute atomic E-state index is 13.1. The van der Waals surface area contributed by atoms with Crippen LogP contribution in [0.15, 0.2) is 60.7 Å². The van der Waals surface area contributed by atoms with Crippen molar-refractivity contribution >= 4 is 34.8 Å². The fourth-order valence-electron chi connectivity index (χ4n) is 3.95. The van der Waals surface area contributed by atoms with Gasteiger partial charge in [-0.2, -0.15) is 5.10 Å². The first-order valence-corrected chi connectivity index (χ1v) is 11.2. The van der Waals surface area contributed by atoms with Gasteiger partial charge in [0.25, 0.3) is 5.91 Å². The molecule has 2 aromatic carbocycles. The van der Waals surface area contributed by atoms with Crippen LogP contribution in [0.25, 0.3) is 5.65 Å². The summed E-state index contributed by atoms with van der Waals surface area (Å²) in [6.45, 7) is 5.88. The normalized spacial score (nSPS) is 13.2. The molecule has 0 aliphatic rings. The van der Waals surface area contributed by atoms with Gasteiger partial charge >= 0.3 is 0 Å². The van der Waals surface area contributed by atoms with Gasteiger partial charge in [0.2, 0.25) is 0 Å². The summed E-state index contributed by atoms with van der Waals surface area (Å²) < 4.78 is 1.69. The quantitative estimate of drug-likeness (QED) is 0.390. The Morgan fingerprint density at radius 2 is 1.62 bits per heavy atom. The number of carbonyl (C=O) groups is 1. The number of rotatable bonds is 6. The predicted octanol–water partition coefficient (Wildman–Crippen LogP) is 5.80. The van der Waals surface area contributed by atoms with Crippen molar-refractivity contribution in [1.82, 2.24) is 19.9 Å². The summed E-state index contributed by atoms with van der Waals surface area (Å²) in [7, 11) is 0. The second-order valence-electron chi connectivity index (χ2n) is 8.09. The first-order chi connectivity index (χ1) is 15.3. The number of hydrogen-bond acceptors (Lipinski definition) is 3.